The molecule has 0 bridgehead atoms. The minimum Gasteiger partial charge on any atom is -0.481 e. The van der Waals surface area contributed by atoms with Crippen molar-refractivity contribution in [2.45, 2.75) is 13.0 Å². The van der Waals surface area contributed by atoms with E-state index in [-0.39, 0.29) is 6.61 Å². The van der Waals surface area contributed by atoms with E-state index in [1.165, 1.54) is 6.07 Å². The van der Waals surface area contributed by atoms with E-state index < -0.39 is 18.7 Å². The number of aliphatic carboxylic acids is 1. The highest BCUT2D eigenvalue weighted by atomic mass is 35.5. The molecule has 1 amide bonds. The molecule has 0 saturated carbocycles. The minimum absolute atomic E-state index is 0.202. The van der Waals surface area contributed by atoms with Gasteiger partial charge in [-0.05, 0) is 17.7 Å². The SMILES string of the molecule is O=C(O)COc1cc(Cl)ccc1C#CCCNC(=O)OCc1ccccc1. The first-order valence-corrected chi connectivity index (χ1v) is 8.50. The number of rotatable bonds is 7. The maximum Gasteiger partial charge on any atom is 0.407 e. The van der Waals surface area contributed by atoms with E-state index in [4.69, 9.17) is 26.2 Å². The first-order valence-electron chi connectivity index (χ1n) is 8.12. The maximum atomic E-state index is 11.6. The fraction of sp³-hybridized carbons (Fsp3) is 0.200. The third-order valence-corrected chi connectivity index (χ3v) is 3.49. The van der Waals surface area contributed by atoms with E-state index in [0.717, 1.165) is 5.56 Å². The largest absolute Gasteiger partial charge is 0.481 e. The van der Waals surface area contributed by atoms with Crippen molar-refractivity contribution >= 4 is 23.7 Å². The number of amides is 1. The van der Waals surface area contributed by atoms with Crippen molar-refractivity contribution in [2.75, 3.05) is 13.2 Å². The Hall–Kier alpha value is -3.17. The fourth-order valence-corrected chi connectivity index (χ4v) is 2.18. The topological polar surface area (TPSA) is 84.9 Å². The molecular formula is C20H18ClNO5. The first-order chi connectivity index (χ1) is 13.0. The van der Waals surface area contributed by atoms with Crippen LogP contribution in [0.5, 0.6) is 5.75 Å². The molecule has 0 fully saturated rings. The Morgan fingerprint density at radius 2 is 1.93 bits per heavy atom. The molecule has 0 heterocycles. The molecular weight excluding hydrogens is 370 g/mol. The summed E-state index contributed by atoms with van der Waals surface area (Å²) in [5, 5.41) is 11.7. The number of ether oxygens (including phenoxy) is 2. The van der Waals surface area contributed by atoms with Gasteiger partial charge in [-0.25, -0.2) is 9.59 Å². The molecule has 2 rings (SSSR count). The highest BCUT2D eigenvalue weighted by Gasteiger charge is 2.05. The van der Waals surface area contributed by atoms with Gasteiger partial charge in [0.2, 0.25) is 0 Å². The Bertz CT molecular complexity index is 842. The maximum absolute atomic E-state index is 11.6. The molecule has 7 heteroatoms. The number of alkyl carbamates (subject to hydrolysis) is 1. The number of hydrogen-bond donors (Lipinski definition) is 2. The van der Waals surface area contributed by atoms with Crippen LogP contribution in [-0.4, -0.2) is 30.3 Å². The number of nitrogens with one attached hydrogen (secondary N) is 1. The molecule has 2 N–H and O–H groups in total. The van der Waals surface area contributed by atoms with Gasteiger partial charge in [0.05, 0.1) is 5.56 Å². The standard InChI is InChI=1S/C20H18ClNO5/c21-17-10-9-16(18(12-17)26-14-19(23)24)8-4-5-11-22-20(25)27-13-15-6-2-1-3-7-15/h1-3,6-7,9-10,12H,5,11,13-14H2,(H,22,25)(H,23,24). The van der Waals surface area contributed by atoms with Crippen LogP contribution in [0.4, 0.5) is 4.79 Å². The number of carboxylic acid groups (broad SMARTS) is 1. The molecule has 0 radical (unpaired) electrons. The average molecular weight is 388 g/mol. The number of carbonyl (C=O) groups excluding carboxylic acids is 1. The zero-order valence-corrected chi connectivity index (χ0v) is 15.2. The van der Waals surface area contributed by atoms with Crippen molar-refractivity contribution in [3.05, 3.63) is 64.7 Å². The van der Waals surface area contributed by atoms with Crippen molar-refractivity contribution in [1.29, 1.82) is 0 Å². The molecule has 0 saturated heterocycles. The predicted octanol–water partition coefficient (Wildman–Crippen LogP) is 3.47. The molecule has 27 heavy (non-hydrogen) atoms. The van der Waals surface area contributed by atoms with E-state index >= 15 is 0 Å². The zero-order chi connectivity index (χ0) is 19.5. The van der Waals surface area contributed by atoms with Crippen molar-refractivity contribution in [3.63, 3.8) is 0 Å². The Labute approximate surface area is 162 Å². The van der Waals surface area contributed by atoms with E-state index in [2.05, 4.69) is 17.2 Å². The monoisotopic (exact) mass is 387 g/mol. The van der Waals surface area contributed by atoms with E-state index in [0.29, 0.717) is 29.3 Å². The van der Waals surface area contributed by atoms with Gasteiger partial charge < -0.3 is 19.9 Å². The second-order valence-corrected chi connectivity index (χ2v) is 5.80. The van der Waals surface area contributed by atoms with Gasteiger partial charge in [-0.15, -0.1) is 0 Å². The number of benzene rings is 2. The summed E-state index contributed by atoms with van der Waals surface area (Å²) in [6.45, 7) is 0.0385. The lowest BCUT2D eigenvalue weighted by molar-refractivity contribution is -0.139. The summed E-state index contributed by atoms with van der Waals surface area (Å²) in [6, 6.07) is 14.2. The van der Waals surface area contributed by atoms with Crippen LogP contribution in [0, 0.1) is 11.8 Å². The summed E-state index contributed by atoms with van der Waals surface area (Å²) in [7, 11) is 0. The molecule has 0 aliphatic rings. The van der Waals surface area contributed by atoms with E-state index in [1.54, 1.807) is 12.1 Å². The summed E-state index contributed by atoms with van der Waals surface area (Å²) in [5.74, 6) is 4.97. The summed E-state index contributed by atoms with van der Waals surface area (Å²) in [5.41, 5.74) is 1.43. The van der Waals surface area contributed by atoms with E-state index in [1.807, 2.05) is 30.3 Å². The number of carbonyl (C=O) groups is 2. The average Bonchev–Trinajstić information content (AvgIpc) is 2.66. The molecule has 140 valence electrons. The molecule has 2 aromatic rings. The summed E-state index contributed by atoms with van der Waals surface area (Å²) >= 11 is 5.89. The van der Waals surface area contributed by atoms with Crippen LogP contribution in [0.3, 0.4) is 0 Å². The third kappa shape index (κ3) is 7.72. The fourth-order valence-electron chi connectivity index (χ4n) is 2.02. The number of hydrogen-bond acceptors (Lipinski definition) is 4. The summed E-state index contributed by atoms with van der Waals surface area (Å²) in [6.07, 6.45) is -0.126. The van der Waals surface area contributed by atoms with Gasteiger partial charge >= 0.3 is 12.1 Å². The van der Waals surface area contributed by atoms with Crippen molar-refractivity contribution in [3.8, 4) is 17.6 Å². The highest BCUT2D eigenvalue weighted by molar-refractivity contribution is 6.30. The number of carboxylic acids is 1. The quantitative estimate of drug-likeness (QED) is 0.561. The number of halogens is 1. The molecule has 0 spiro atoms. The van der Waals surface area contributed by atoms with Crippen molar-refractivity contribution in [2.24, 2.45) is 0 Å². The molecule has 0 unspecified atom stereocenters. The smallest absolute Gasteiger partial charge is 0.407 e. The van der Waals surface area contributed by atoms with Crippen LogP contribution < -0.4 is 10.1 Å². The second-order valence-electron chi connectivity index (χ2n) is 5.36. The van der Waals surface area contributed by atoms with Gasteiger partial charge in [0.25, 0.3) is 0 Å². The van der Waals surface area contributed by atoms with Gasteiger partial charge in [0.1, 0.15) is 12.4 Å². The Balaban J connectivity index is 1.78. The lowest BCUT2D eigenvalue weighted by Crippen LogP contribution is -2.24. The Morgan fingerprint density at radius 3 is 2.67 bits per heavy atom. The predicted molar refractivity (Wildman–Crippen MR) is 101 cm³/mol. The van der Waals surface area contributed by atoms with Crippen LogP contribution in [0.15, 0.2) is 48.5 Å². The van der Waals surface area contributed by atoms with E-state index in [9.17, 15) is 9.59 Å². The third-order valence-electron chi connectivity index (χ3n) is 3.25. The van der Waals surface area contributed by atoms with Crippen molar-refractivity contribution < 1.29 is 24.2 Å². The Morgan fingerprint density at radius 1 is 1.15 bits per heavy atom. The molecule has 0 aromatic heterocycles. The lowest BCUT2D eigenvalue weighted by Gasteiger charge is -2.06. The molecule has 0 aliphatic carbocycles. The van der Waals surface area contributed by atoms with Crippen LogP contribution in [-0.2, 0) is 16.1 Å². The molecule has 6 nitrogen and oxygen atoms in total. The van der Waals surface area contributed by atoms with Crippen LogP contribution in [0.2, 0.25) is 5.02 Å². The second kappa shape index (κ2) is 10.7. The van der Waals surface area contributed by atoms with Crippen LogP contribution in [0.1, 0.15) is 17.5 Å². The summed E-state index contributed by atoms with van der Waals surface area (Å²) < 4.78 is 10.3. The van der Waals surface area contributed by atoms with Gasteiger partial charge in [0, 0.05) is 24.1 Å². The van der Waals surface area contributed by atoms with Gasteiger partial charge in [-0.1, -0.05) is 53.8 Å². The Kier molecular flexibility index (Phi) is 8.01. The summed E-state index contributed by atoms with van der Waals surface area (Å²) in [4.78, 5) is 22.2. The molecule has 0 aliphatic heterocycles. The highest BCUT2D eigenvalue weighted by Crippen LogP contribution is 2.22. The van der Waals surface area contributed by atoms with Gasteiger partial charge in [-0.3, -0.25) is 0 Å². The van der Waals surface area contributed by atoms with Crippen LogP contribution >= 0.6 is 11.6 Å². The molecule has 2 aromatic carbocycles. The lowest BCUT2D eigenvalue weighted by atomic mass is 10.2. The van der Waals surface area contributed by atoms with Gasteiger partial charge in [-0.2, -0.15) is 0 Å². The minimum atomic E-state index is -1.09. The van der Waals surface area contributed by atoms with Crippen LogP contribution in [0.25, 0.3) is 0 Å². The zero-order valence-electron chi connectivity index (χ0n) is 14.4. The molecule has 0 atom stereocenters. The van der Waals surface area contributed by atoms with Gasteiger partial charge in [0.15, 0.2) is 6.61 Å². The first kappa shape index (κ1) is 20.1. The van der Waals surface area contributed by atoms with Crippen molar-refractivity contribution in [1.82, 2.24) is 5.32 Å². The normalized spacial score (nSPS) is 9.67.